The number of rotatable bonds is 2. The van der Waals surface area contributed by atoms with Crippen molar-refractivity contribution in [2.24, 2.45) is 11.7 Å². The van der Waals surface area contributed by atoms with Crippen LogP contribution in [-0.2, 0) is 4.74 Å². The summed E-state index contributed by atoms with van der Waals surface area (Å²) in [6, 6.07) is 8.39. The van der Waals surface area contributed by atoms with E-state index in [1.54, 1.807) is 0 Å². The van der Waals surface area contributed by atoms with Crippen molar-refractivity contribution in [3.63, 3.8) is 0 Å². The lowest BCUT2D eigenvalue weighted by molar-refractivity contribution is -0.146. The van der Waals surface area contributed by atoms with E-state index in [1.807, 2.05) is 6.07 Å². The van der Waals surface area contributed by atoms with Gasteiger partial charge in [-0.2, -0.15) is 0 Å². The quantitative estimate of drug-likeness (QED) is 0.904. The first-order valence-electron chi connectivity index (χ1n) is 8.05. The van der Waals surface area contributed by atoms with E-state index in [4.69, 9.17) is 14.9 Å². The maximum atomic E-state index is 6.52. The zero-order chi connectivity index (χ0) is 14.4. The lowest BCUT2D eigenvalue weighted by Crippen LogP contribution is -2.47. The normalized spacial score (nSPS) is 25.9. The molecule has 2 aromatic rings. The van der Waals surface area contributed by atoms with E-state index in [9.17, 15) is 0 Å². The number of furan rings is 1. The molecule has 2 atom stereocenters. The molecule has 3 heteroatoms. The molecule has 2 aliphatic rings. The summed E-state index contributed by atoms with van der Waals surface area (Å²) in [6.45, 7) is 2.95. The summed E-state index contributed by atoms with van der Waals surface area (Å²) in [5, 5.41) is 1.16. The Morgan fingerprint density at radius 3 is 2.90 bits per heavy atom. The summed E-state index contributed by atoms with van der Waals surface area (Å²) in [4.78, 5) is 0. The van der Waals surface area contributed by atoms with E-state index in [-0.39, 0.29) is 11.6 Å². The molecule has 3 nitrogen and oxygen atoms in total. The van der Waals surface area contributed by atoms with Crippen LogP contribution in [0, 0.1) is 12.8 Å². The molecule has 21 heavy (non-hydrogen) atoms. The maximum Gasteiger partial charge on any atom is 0.134 e. The highest BCUT2D eigenvalue weighted by molar-refractivity contribution is 5.78. The Bertz CT molecular complexity index is 656. The largest absolute Gasteiger partial charge is 0.459 e. The van der Waals surface area contributed by atoms with Crippen LogP contribution < -0.4 is 5.73 Å². The Morgan fingerprint density at radius 2 is 2.14 bits per heavy atom. The second kappa shape index (κ2) is 4.85. The van der Waals surface area contributed by atoms with Gasteiger partial charge < -0.3 is 14.9 Å². The van der Waals surface area contributed by atoms with Crippen LogP contribution in [0.25, 0.3) is 11.0 Å². The number of hydrogen-bond donors (Lipinski definition) is 1. The number of aryl methyl sites for hydroxylation is 1. The molecule has 1 aromatic heterocycles. The molecule has 1 aliphatic heterocycles. The lowest BCUT2D eigenvalue weighted by Gasteiger charge is -2.48. The molecule has 2 unspecified atom stereocenters. The molecule has 0 bridgehead atoms. The van der Waals surface area contributed by atoms with Crippen LogP contribution in [0.15, 0.2) is 28.7 Å². The highest BCUT2D eigenvalue weighted by atomic mass is 16.5. The standard InChI is InChI=1S/C18H23NO2/c1-12-3-4-15-14(9-12)10-16(21-15)17(19)13-5-8-20-18(11-13)6-2-7-18/h3-4,9-10,13,17H,2,5-8,11,19H2,1H3. The van der Waals surface area contributed by atoms with E-state index in [0.717, 1.165) is 36.2 Å². The third-order valence-corrected chi connectivity index (χ3v) is 5.32. The van der Waals surface area contributed by atoms with Gasteiger partial charge in [-0.25, -0.2) is 0 Å². The van der Waals surface area contributed by atoms with Crippen LogP contribution in [0.1, 0.15) is 49.5 Å². The van der Waals surface area contributed by atoms with E-state index in [0.29, 0.717) is 5.92 Å². The van der Waals surface area contributed by atoms with Crippen molar-refractivity contribution in [3.05, 3.63) is 35.6 Å². The van der Waals surface area contributed by atoms with Gasteiger partial charge in [-0.3, -0.25) is 0 Å². The van der Waals surface area contributed by atoms with Gasteiger partial charge in [0.1, 0.15) is 11.3 Å². The fraction of sp³-hybridized carbons (Fsp3) is 0.556. The lowest BCUT2D eigenvalue weighted by atomic mass is 9.70. The molecule has 0 radical (unpaired) electrons. The van der Waals surface area contributed by atoms with E-state index >= 15 is 0 Å². The highest BCUT2D eigenvalue weighted by Crippen LogP contribution is 2.47. The summed E-state index contributed by atoms with van der Waals surface area (Å²) in [5.41, 5.74) is 8.86. The molecule has 2 heterocycles. The predicted octanol–water partition coefficient (Wildman–Crippen LogP) is 4.09. The van der Waals surface area contributed by atoms with Gasteiger partial charge in [0.15, 0.2) is 0 Å². The van der Waals surface area contributed by atoms with Crippen molar-refractivity contribution in [1.29, 1.82) is 0 Å². The molecule has 1 aromatic carbocycles. The van der Waals surface area contributed by atoms with Crippen LogP contribution in [-0.4, -0.2) is 12.2 Å². The van der Waals surface area contributed by atoms with E-state index < -0.39 is 0 Å². The fourth-order valence-corrected chi connectivity index (χ4v) is 3.87. The topological polar surface area (TPSA) is 48.4 Å². The molecule has 0 amide bonds. The van der Waals surface area contributed by atoms with Crippen LogP contribution in [0.4, 0.5) is 0 Å². The van der Waals surface area contributed by atoms with Gasteiger partial charge in [0.2, 0.25) is 0 Å². The summed E-state index contributed by atoms with van der Waals surface area (Å²) in [6.07, 6.45) is 5.83. The Morgan fingerprint density at radius 1 is 1.29 bits per heavy atom. The van der Waals surface area contributed by atoms with Gasteiger partial charge in [-0.05, 0) is 63.1 Å². The monoisotopic (exact) mass is 285 g/mol. The first kappa shape index (κ1) is 13.4. The SMILES string of the molecule is Cc1ccc2oc(C(N)C3CCOC4(CCC4)C3)cc2c1. The average Bonchev–Trinajstić information content (AvgIpc) is 2.88. The van der Waals surface area contributed by atoms with Crippen LogP contribution in [0.3, 0.4) is 0 Å². The zero-order valence-electron chi connectivity index (χ0n) is 12.6. The van der Waals surface area contributed by atoms with Gasteiger partial charge in [-0.15, -0.1) is 0 Å². The highest BCUT2D eigenvalue weighted by Gasteiger charge is 2.44. The Balaban J connectivity index is 1.58. The third-order valence-electron chi connectivity index (χ3n) is 5.32. The molecule has 1 saturated carbocycles. The minimum Gasteiger partial charge on any atom is -0.459 e. The van der Waals surface area contributed by atoms with Crippen molar-refractivity contribution in [2.75, 3.05) is 6.61 Å². The second-order valence-corrected chi connectivity index (χ2v) is 6.85. The Hall–Kier alpha value is -1.32. The van der Waals surface area contributed by atoms with Gasteiger partial charge in [0.25, 0.3) is 0 Å². The molecule has 112 valence electrons. The first-order valence-corrected chi connectivity index (χ1v) is 8.05. The number of nitrogens with two attached hydrogens (primary N) is 1. The number of hydrogen-bond acceptors (Lipinski definition) is 3. The molecule has 2 fully saturated rings. The summed E-state index contributed by atoms with van der Waals surface area (Å²) in [5.74, 6) is 1.40. The van der Waals surface area contributed by atoms with Crippen molar-refractivity contribution < 1.29 is 9.15 Å². The average molecular weight is 285 g/mol. The molecular formula is C18H23NO2. The molecule has 1 saturated heterocycles. The van der Waals surface area contributed by atoms with Crippen LogP contribution in [0.2, 0.25) is 0 Å². The zero-order valence-corrected chi connectivity index (χ0v) is 12.6. The first-order chi connectivity index (χ1) is 10.2. The van der Waals surface area contributed by atoms with Crippen LogP contribution >= 0.6 is 0 Å². The molecule has 2 N–H and O–H groups in total. The Labute approximate surface area is 125 Å². The van der Waals surface area contributed by atoms with Crippen LogP contribution in [0.5, 0.6) is 0 Å². The second-order valence-electron chi connectivity index (χ2n) is 6.85. The van der Waals surface area contributed by atoms with Crippen molar-refractivity contribution in [3.8, 4) is 0 Å². The van der Waals surface area contributed by atoms with Gasteiger partial charge in [0, 0.05) is 12.0 Å². The molecule has 4 rings (SSSR count). The summed E-state index contributed by atoms with van der Waals surface area (Å²) in [7, 11) is 0. The van der Waals surface area contributed by atoms with Gasteiger partial charge in [-0.1, -0.05) is 11.6 Å². The predicted molar refractivity (Wildman–Crippen MR) is 83.1 cm³/mol. The minimum absolute atomic E-state index is 0.0147. The smallest absolute Gasteiger partial charge is 0.134 e. The number of fused-ring (bicyclic) bond motifs is 1. The van der Waals surface area contributed by atoms with Gasteiger partial charge >= 0.3 is 0 Å². The maximum absolute atomic E-state index is 6.52. The number of benzene rings is 1. The van der Waals surface area contributed by atoms with Gasteiger partial charge in [0.05, 0.1) is 11.6 Å². The van der Waals surface area contributed by atoms with E-state index in [2.05, 4.69) is 25.1 Å². The Kier molecular flexibility index (Phi) is 3.09. The summed E-state index contributed by atoms with van der Waals surface area (Å²) < 4.78 is 12.0. The molecule has 1 aliphatic carbocycles. The fourth-order valence-electron chi connectivity index (χ4n) is 3.87. The van der Waals surface area contributed by atoms with Crippen molar-refractivity contribution >= 4 is 11.0 Å². The van der Waals surface area contributed by atoms with E-state index in [1.165, 1.54) is 24.8 Å². The summed E-state index contributed by atoms with van der Waals surface area (Å²) >= 11 is 0. The third kappa shape index (κ3) is 2.29. The molecule has 1 spiro atoms. The van der Waals surface area contributed by atoms with Crippen molar-refractivity contribution in [2.45, 2.75) is 50.7 Å². The molecular weight excluding hydrogens is 262 g/mol. The number of ether oxygens (including phenoxy) is 1. The van der Waals surface area contributed by atoms with Crippen molar-refractivity contribution in [1.82, 2.24) is 0 Å². The minimum atomic E-state index is -0.0147.